The molecule has 0 aromatic rings. The molecule has 0 amide bonds. The fraction of sp³-hybridized carbons (Fsp3) is 0.909. The molecule has 0 saturated carbocycles. The second-order valence-electron chi connectivity index (χ2n) is 4.85. The lowest BCUT2D eigenvalue weighted by Gasteiger charge is -2.27. The van der Waals surface area contributed by atoms with Crippen molar-refractivity contribution in [2.45, 2.75) is 44.8 Å². The van der Waals surface area contributed by atoms with Gasteiger partial charge in [-0.05, 0) is 33.2 Å². The zero-order chi connectivity index (χ0) is 10.2. The average Bonchev–Trinajstić information content (AvgIpc) is 2.44. The highest BCUT2D eigenvalue weighted by atomic mass is 16.5. The molecule has 0 aliphatic carbocycles. The van der Waals surface area contributed by atoms with Crippen molar-refractivity contribution in [3.05, 3.63) is 0 Å². The Balaban J connectivity index is 2.02. The van der Waals surface area contributed by atoms with Crippen LogP contribution in [-0.4, -0.2) is 30.6 Å². The molecular formula is C11H19NO2. The first kappa shape index (κ1) is 10.1. The minimum absolute atomic E-state index is 0.0882. The Kier molecular flexibility index (Phi) is 2.62. The van der Waals surface area contributed by atoms with Crippen LogP contribution in [0, 0.1) is 5.92 Å². The molecule has 2 aliphatic heterocycles. The molecule has 2 heterocycles. The van der Waals surface area contributed by atoms with E-state index in [0.29, 0.717) is 12.6 Å². The molecule has 14 heavy (non-hydrogen) atoms. The topological polar surface area (TPSA) is 38.3 Å². The van der Waals surface area contributed by atoms with Gasteiger partial charge in [-0.3, -0.25) is 4.79 Å². The Morgan fingerprint density at radius 2 is 2.21 bits per heavy atom. The zero-order valence-electron chi connectivity index (χ0n) is 9.01. The summed E-state index contributed by atoms with van der Waals surface area (Å²) in [7, 11) is 0. The number of carbonyl (C=O) groups is 1. The summed E-state index contributed by atoms with van der Waals surface area (Å²) < 4.78 is 5.53. The summed E-state index contributed by atoms with van der Waals surface area (Å²) in [5, 5.41) is 3.43. The van der Waals surface area contributed by atoms with Crippen LogP contribution >= 0.6 is 0 Å². The third-order valence-corrected chi connectivity index (χ3v) is 3.39. The van der Waals surface area contributed by atoms with Gasteiger partial charge in [-0.1, -0.05) is 6.42 Å². The van der Waals surface area contributed by atoms with Gasteiger partial charge in [0, 0.05) is 6.04 Å². The van der Waals surface area contributed by atoms with Gasteiger partial charge in [0.1, 0.15) is 5.60 Å². The molecular weight excluding hydrogens is 178 g/mol. The maximum atomic E-state index is 12.0. The minimum Gasteiger partial charge on any atom is -0.367 e. The van der Waals surface area contributed by atoms with E-state index in [0.717, 1.165) is 13.0 Å². The molecule has 2 fully saturated rings. The summed E-state index contributed by atoms with van der Waals surface area (Å²) in [4.78, 5) is 12.0. The number of piperidine rings is 1. The molecule has 0 spiro atoms. The Hall–Kier alpha value is -0.410. The van der Waals surface area contributed by atoms with E-state index in [4.69, 9.17) is 4.74 Å². The Morgan fingerprint density at radius 1 is 1.43 bits per heavy atom. The van der Waals surface area contributed by atoms with Crippen LogP contribution in [0.4, 0.5) is 0 Å². The van der Waals surface area contributed by atoms with Gasteiger partial charge in [-0.25, -0.2) is 0 Å². The van der Waals surface area contributed by atoms with Gasteiger partial charge < -0.3 is 10.1 Å². The first-order chi connectivity index (χ1) is 6.61. The second kappa shape index (κ2) is 3.63. The molecule has 2 atom stereocenters. The van der Waals surface area contributed by atoms with Gasteiger partial charge >= 0.3 is 0 Å². The van der Waals surface area contributed by atoms with Crippen LogP contribution in [0.5, 0.6) is 0 Å². The van der Waals surface area contributed by atoms with Crippen LogP contribution in [0.3, 0.4) is 0 Å². The average molecular weight is 197 g/mol. The second-order valence-corrected chi connectivity index (χ2v) is 4.85. The van der Waals surface area contributed by atoms with Crippen LogP contribution < -0.4 is 5.32 Å². The number of hydrogen-bond donors (Lipinski definition) is 1. The van der Waals surface area contributed by atoms with Crippen molar-refractivity contribution in [3.8, 4) is 0 Å². The standard InChI is InChI=1S/C11H19NO2/c1-11(2)10(13)8(7-14-11)9-5-3-4-6-12-9/h8-9,12H,3-7H2,1-2H3. The number of rotatable bonds is 1. The van der Waals surface area contributed by atoms with E-state index >= 15 is 0 Å². The first-order valence-corrected chi connectivity index (χ1v) is 5.53. The highest BCUT2D eigenvalue weighted by Gasteiger charge is 2.45. The third-order valence-electron chi connectivity index (χ3n) is 3.39. The molecule has 0 bridgehead atoms. The van der Waals surface area contributed by atoms with Crippen molar-refractivity contribution >= 4 is 5.78 Å². The molecule has 2 rings (SSSR count). The SMILES string of the molecule is CC1(C)OCC(C2CCCCN2)C1=O. The molecule has 2 aliphatic rings. The number of nitrogens with one attached hydrogen (secondary N) is 1. The summed E-state index contributed by atoms with van der Waals surface area (Å²) in [6.07, 6.45) is 3.60. The molecule has 80 valence electrons. The summed E-state index contributed by atoms with van der Waals surface area (Å²) in [6, 6.07) is 0.359. The molecule has 2 unspecified atom stereocenters. The van der Waals surface area contributed by atoms with Gasteiger partial charge in [0.05, 0.1) is 12.5 Å². The molecule has 2 saturated heterocycles. The molecule has 0 radical (unpaired) electrons. The van der Waals surface area contributed by atoms with E-state index in [2.05, 4.69) is 5.32 Å². The third kappa shape index (κ3) is 1.71. The highest BCUT2D eigenvalue weighted by Crippen LogP contribution is 2.30. The lowest BCUT2D eigenvalue weighted by Crippen LogP contribution is -2.44. The Bertz CT molecular complexity index is 231. The fourth-order valence-electron chi connectivity index (χ4n) is 2.41. The number of ether oxygens (including phenoxy) is 1. The van der Waals surface area contributed by atoms with Crippen LogP contribution in [0.2, 0.25) is 0 Å². The number of carbonyl (C=O) groups excluding carboxylic acids is 1. The lowest BCUT2D eigenvalue weighted by molar-refractivity contribution is -0.130. The number of ketones is 1. The van der Waals surface area contributed by atoms with Gasteiger partial charge in [0.15, 0.2) is 5.78 Å². The van der Waals surface area contributed by atoms with Crippen molar-refractivity contribution in [2.75, 3.05) is 13.2 Å². The van der Waals surface area contributed by atoms with Crippen molar-refractivity contribution in [1.29, 1.82) is 0 Å². The lowest BCUT2D eigenvalue weighted by atomic mass is 9.86. The van der Waals surface area contributed by atoms with Crippen molar-refractivity contribution in [2.24, 2.45) is 5.92 Å². The summed E-state index contributed by atoms with van der Waals surface area (Å²) >= 11 is 0. The maximum Gasteiger partial charge on any atom is 0.170 e. The van der Waals surface area contributed by atoms with E-state index in [1.807, 2.05) is 13.8 Å². The summed E-state index contributed by atoms with van der Waals surface area (Å²) in [5.41, 5.74) is -0.552. The van der Waals surface area contributed by atoms with Crippen molar-refractivity contribution < 1.29 is 9.53 Å². The number of hydrogen-bond acceptors (Lipinski definition) is 3. The Labute approximate surface area is 85.2 Å². The fourth-order valence-corrected chi connectivity index (χ4v) is 2.41. The van der Waals surface area contributed by atoms with Crippen LogP contribution in [0.15, 0.2) is 0 Å². The maximum absolute atomic E-state index is 12.0. The minimum atomic E-state index is -0.552. The predicted octanol–water partition coefficient (Wildman–Crippen LogP) is 1.12. The van der Waals surface area contributed by atoms with Gasteiger partial charge in [0.25, 0.3) is 0 Å². The monoisotopic (exact) mass is 197 g/mol. The molecule has 3 heteroatoms. The molecule has 1 N–H and O–H groups in total. The molecule has 0 aromatic heterocycles. The zero-order valence-corrected chi connectivity index (χ0v) is 9.01. The normalized spacial score (nSPS) is 37.4. The van der Waals surface area contributed by atoms with E-state index in [-0.39, 0.29) is 11.7 Å². The van der Waals surface area contributed by atoms with Crippen LogP contribution in [-0.2, 0) is 9.53 Å². The van der Waals surface area contributed by atoms with E-state index in [1.54, 1.807) is 0 Å². The van der Waals surface area contributed by atoms with E-state index in [1.165, 1.54) is 12.8 Å². The quantitative estimate of drug-likeness (QED) is 0.684. The summed E-state index contributed by atoms with van der Waals surface area (Å²) in [6.45, 7) is 5.40. The smallest absolute Gasteiger partial charge is 0.170 e. The first-order valence-electron chi connectivity index (χ1n) is 5.53. The highest BCUT2D eigenvalue weighted by molar-refractivity contribution is 5.91. The largest absolute Gasteiger partial charge is 0.367 e. The molecule has 3 nitrogen and oxygen atoms in total. The van der Waals surface area contributed by atoms with Gasteiger partial charge in [0.2, 0.25) is 0 Å². The van der Waals surface area contributed by atoms with E-state index < -0.39 is 5.60 Å². The van der Waals surface area contributed by atoms with Crippen molar-refractivity contribution in [1.82, 2.24) is 5.32 Å². The van der Waals surface area contributed by atoms with Crippen molar-refractivity contribution in [3.63, 3.8) is 0 Å². The molecule has 0 aromatic carbocycles. The summed E-state index contributed by atoms with van der Waals surface area (Å²) in [5.74, 6) is 0.363. The van der Waals surface area contributed by atoms with Crippen LogP contribution in [0.25, 0.3) is 0 Å². The van der Waals surface area contributed by atoms with Gasteiger partial charge in [-0.2, -0.15) is 0 Å². The Morgan fingerprint density at radius 3 is 2.71 bits per heavy atom. The van der Waals surface area contributed by atoms with E-state index in [9.17, 15) is 4.79 Å². The number of Topliss-reactive ketones (excluding diaryl/α,β-unsaturated/α-hetero) is 1. The predicted molar refractivity (Wildman–Crippen MR) is 54.2 cm³/mol. The van der Waals surface area contributed by atoms with Crippen LogP contribution in [0.1, 0.15) is 33.1 Å². The van der Waals surface area contributed by atoms with Gasteiger partial charge in [-0.15, -0.1) is 0 Å².